The van der Waals surface area contributed by atoms with Gasteiger partial charge in [0.2, 0.25) is 5.28 Å². The molecule has 0 radical (unpaired) electrons. The van der Waals surface area contributed by atoms with Gasteiger partial charge in [-0.3, -0.25) is 0 Å². The van der Waals surface area contributed by atoms with Crippen molar-refractivity contribution in [1.82, 2.24) is 9.97 Å². The molecule has 0 N–H and O–H groups in total. The van der Waals surface area contributed by atoms with Crippen molar-refractivity contribution in [2.75, 3.05) is 0 Å². The van der Waals surface area contributed by atoms with E-state index in [1.165, 1.54) is 6.07 Å². The third kappa shape index (κ3) is 1.63. The summed E-state index contributed by atoms with van der Waals surface area (Å²) in [6.07, 6.45) is 0. The van der Waals surface area contributed by atoms with E-state index in [1.54, 1.807) is 0 Å². The molecule has 0 unspecified atom stereocenters. The normalized spacial score (nSPS) is 10.9. The summed E-state index contributed by atoms with van der Waals surface area (Å²) in [5, 5.41) is 0.578. The molecule has 1 heterocycles. The van der Waals surface area contributed by atoms with Crippen molar-refractivity contribution in [1.29, 1.82) is 0 Å². The van der Waals surface area contributed by atoms with Gasteiger partial charge in [0.05, 0.1) is 0 Å². The molecule has 2 rings (SSSR count). The molecule has 1 aromatic carbocycles. The van der Waals surface area contributed by atoms with Crippen molar-refractivity contribution >= 4 is 45.7 Å². The molecular formula is C8H2Cl3FN2. The maximum absolute atomic E-state index is 13.3. The Morgan fingerprint density at radius 1 is 1.07 bits per heavy atom. The van der Waals surface area contributed by atoms with Crippen molar-refractivity contribution in [2.45, 2.75) is 0 Å². The van der Waals surface area contributed by atoms with Crippen LogP contribution in [0.2, 0.25) is 15.5 Å². The van der Waals surface area contributed by atoms with E-state index in [0.717, 1.165) is 6.07 Å². The van der Waals surface area contributed by atoms with Gasteiger partial charge in [-0.25, -0.2) is 14.4 Å². The number of fused-ring (bicyclic) bond motifs is 1. The minimum Gasteiger partial charge on any atom is -0.215 e. The van der Waals surface area contributed by atoms with Crippen molar-refractivity contribution in [3.05, 3.63) is 33.4 Å². The zero-order chi connectivity index (χ0) is 10.3. The Labute approximate surface area is 93.6 Å². The summed E-state index contributed by atoms with van der Waals surface area (Å²) in [6.45, 7) is 0. The third-order valence-electron chi connectivity index (χ3n) is 1.64. The maximum atomic E-state index is 13.3. The molecule has 0 spiro atoms. The Morgan fingerprint density at radius 2 is 1.79 bits per heavy atom. The number of hydrogen-bond donors (Lipinski definition) is 0. The first-order chi connectivity index (χ1) is 6.58. The average Bonchev–Trinajstić information content (AvgIpc) is 2.07. The number of aromatic nitrogens is 2. The van der Waals surface area contributed by atoms with Crippen LogP contribution >= 0.6 is 34.8 Å². The van der Waals surface area contributed by atoms with E-state index < -0.39 is 5.82 Å². The zero-order valence-corrected chi connectivity index (χ0v) is 8.83. The monoisotopic (exact) mass is 250 g/mol. The van der Waals surface area contributed by atoms with Crippen molar-refractivity contribution in [3.63, 3.8) is 0 Å². The molecule has 1 aromatic heterocycles. The van der Waals surface area contributed by atoms with Crippen molar-refractivity contribution in [2.24, 2.45) is 0 Å². The topological polar surface area (TPSA) is 25.8 Å². The van der Waals surface area contributed by atoms with Gasteiger partial charge in [0.15, 0.2) is 5.82 Å². The highest BCUT2D eigenvalue weighted by molar-refractivity contribution is 6.37. The van der Waals surface area contributed by atoms with Crippen LogP contribution in [0.1, 0.15) is 0 Å². The molecule has 2 aromatic rings. The largest absolute Gasteiger partial charge is 0.224 e. The van der Waals surface area contributed by atoms with Crippen LogP contribution in [-0.2, 0) is 0 Å². The molecule has 0 bridgehead atoms. The highest BCUT2D eigenvalue weighted by atomic mass is 35.5. The molecule has 0 saturated carbocycles. The Balaban J connectivity index is 2.94. The number of rotatable bonds is 0. The van der Waals surface area contributed by atoms with Crippen LogP contribution in [0.4, 0.5) is 4.39 Å². The highest BCUT2D eigenvalue weighted by Crippen LogP contribution is 2.27. The van der Waals surface area contributed by atoms with Crippen LogP contribution < -0.4 is 0 Å². The molecule has 0 amide bonds. The lowest BCUT2D eigenvalue weighted by Crippen LogP contribution is -1.90. The van der Waals surface area contributed by atoms with E-state index in [9.17, 15) is 4.39 Å². The lowest BCUT2D eigenvalue weighted by molar-refractivity contribution is 0.636. The SMILES string of the molecule is Fc1cc(Cl)cc2c(Cl)nc(Cl)nc12. The van der Waals surface area contributed by atoms with Crippen LogP contribution in [0.15, 0.2) is 12.1 Å². The zero-order valence-electron chi connectivity index (χ0n) is 6.56. The van der Waals surface area contributed by atoms with Crippen LogP contribution in [0, 0.1) is 5.82 Å². The second kappa shape index (κ2) is 3.50. The molecule has 6 heteroatoms. The first-order valence-electron chi connectivity index (χ1n) is 3.56. The summed E-state index contributed by atoms with van der Waals surface area (Å²) in [5.74, 6) is -0.571. The van der Waals surface area contributed by atoms with E-state index in [1.807, 2.05) is 0 Å². The molecule has 72 valence electrons. The van der Waals surface area contributed by atoms with Gasteiger partial charge in [-0.1, -0.05) is 23.2 Å². The summed E-state index contributed by atoms with van der Waals surface area (Å²) < 4.78 is 13.3. The number of hydrogen-bond acceptors (Lipinski definition) is 2. The van der Waals surface area contributed by atoms with Gasteiger partial charge in [-0.05, 0) is 23.7 Å². The Hall–Kier alpha value is -0.640. The smallest absolute Gasteiger partial charge is 0.215 e. The maximum Gasteiger partial charge on any atom is 0.224 e. The molecule has 0 fully saturated rings. The van der Waals surface area contributed by atoms with Gasteiger partial charge in [0, 0.05) is 10.4 Å². The van der Waals surface area contributed by atoms with E-state index >= 15 is 0 Å². The minimum atomic E-state index is -0.571. The van der Waals surface area contributed by atoms with Crippen LogP contribution in [0.25, 0.3) is 10.9 Å². The van der Waals surface area contributed by atoms with Crippen molar-refractivity contribution < 1.29 is 4.39 Å². The second-order valence-corrected chi connectivity index (χ2v) is 3.70. The Bertz CT molecular complexity index is 468. The molecular weight excluding hydrogens is 249 g/mol. The summed E-state index contributed by atoms with van der Waals surface area (Å²) >= 11 is 16.9. The summed E-state index contributed by atoms with van der Waals surface area (Å²) in [5.41, 5.74) is 0.0689. The first kappa shape index (κ1) is 9.90. The quantitative estimate of drug-likeness (QED) is 0.527. The second-order valence-electron chi connectivity index (χ2n) is 2.57. The minimum absolute atomic E-state index is 0.0689. The van der Waals surface area contributed by atoms with Crippen LogP contribution in [0.3, 0.4) is 0 Å². The third-order valence-corrected chi connectivity index (χ3v) is 2.32. The summed E-state index contributed by atoms with van der Waals surface area (Å²) in [4.78, 5) is 7.39. The van der Waals surface area contributed by atoms with Crippen molar-refractivity contribution in [3.8, 4) is 0 Å². The molecule has 0 atom stereocenters. The average molecular weight is 251 g/mol. The number of benzene rings is 1. The lowest BCUT2D eigenvalue weighted by atomic mass is 10.2. The van der Waals surface area contributed by atoms with Crippen LogP contribution in [0.5, 0.6) is 0 Å². The predicted octanol–water partition coefficient (Wildman–Crippen LogP) is 3.73. The van der Waals surface area contributed by atoms with Gasteiger partial charge in [0.1, 0.15) is 10.7 Å². The van der Waals surface area contributed by atoms with Crippen LogP contribution in [-0.4, -0.2) is 9.97 Å². The number of halogens is 4. The van der Waals surface area contributed by atoms with Gasteiger partial charge >= 0.3 is 0 Å². The van der Waals surface area contributed by atoms with Gasteiger partial charge in [-0.2, -0.15) is 0 Å². The molecule has 0 aliphatic rings. The van der Waals surface area contributed by atoms with E-state index in [-0.39, 0.29) is 21.0 Å². The van der Waals surface area contributed by atoms with Gasteiger partial charge < -0.3 is 0 Å². The Morgan fingerprint density at radius 3 is 2.50 bits per heavy atom. The Kier molecular flexibility index (Phi) is 2.47. The lowest BCUT2D eigenvalue weighted by Gasteiger charge is -2.01. The fourth-order valence-corrected chi connectivity index (χ4v) is 1.74. The fraction of sp³-hybridized carbons (Fsp3) is 0. The number of nitrogens with zero attached hydrogens (tertiary/aromatic N) is 2. The molecule has 0 aliphatic carbocycles. The first-order valence-corrected chi connectivity index (χ1v) is 4.69. The standard InChI is InChI=1S/C8H2Cl3FN2/c9-3-1-4-6(5(12)2-3)13-8(11)14-7(4)10/h1-2H. The van der Waals surface area contributed by atoms with E-state index in [2.05, 4.69) is 9.97 Å². The van der Waals surface area contributed by atoms with E-state index in [4.69, 9.17) is 34.8 Å². The molecule has 0 aliphatic heterocycles. The predicted molar refractivity (Wildman–Crippen MR) is 54.5 cm³/mol. The fourth-order valence-electron chi connectivity index (χ4n) is 1.10. The van der Waals surface area contributed by atoms with E-state index in [0.29, 0.717) is 5.39 Å². The highest BCUT2D eigenvalue weighted by Gasteiger charge is 2.10. The van der Waals surface area contributed by atoms with Gasteiger partial charge in [-0.15, -0.1) is 0 Å². The van der Waals surface area contributed by atoms with Gasteiger partial charge in [0.25, 0.3) is 0 Å². The molecule has 14 heavy (non-hydrogen) atoms. The molecule has 2 nitrogen and oxygen atoms in total. The molecule has 0 saturated heterocycles. The summed E-state index contributed by atoms with van der Waals surface area (Å²) in [7, 11) is 0. The summed E-state index contributed by atoms with van der Waals surface area (Å²) in [6, 6.07) is 2.63.